The summed E-state index contributed by atoms with van der Waals surface area (Å²) in [6.07, 6.45) is 0. The van der Waals surface area contributed by atoms with E-state index in [-0.39, 0.29) is 12.5 Å². The second kappa shape index (κ2) is 10.7. The molecule has 0 radical (unpaired) electrons. The first-order chi connectivity index (χ1) is 15.0. The lowest BCUT2D eigenvalue weighted by atomic mass is 10.2. The maximum Gasteiger partial charge on any atom is 0.221 e. The van der Waals surface area contributed by atoms with Gasteiger partial charge in [0.1, 0.15) is 12.4 Å². The fourth-order valence-corrected chi connectivity index (χ4v) is 3.17. The number of halogens is 2. The quantitative estimate of drug-likeness (QED) is 0.425. The van der Waals surface area contributed by atoms with Crippen molar-refractivity contribution in [3.05, 3.63) is 82.6 Å². The molecule has 7 heteroatoms. The van der Waals surface area contributed by atoms with E-state index in [0.717, 1.165) is 16.9 Å². The average Bonchev–Trinajstić information content (AvgIpc) is 2.74. The molecular weight excluding hydrogens is 419 g/mol. The van der Waals surface area contributed by atoms with Crippen molar-refractivity contribution >= 4 is 28.9 Å². The normalized spacial score (nSPS) is 10.5. The molecule has 0 saturated carbocycles. The topological polar surface area (TPSA) is 59.6 Å². The minimum Gasteiger partial charge on any atom is -0.490 e. The van der Waals surface area contributed by atoms with Gasteiger partial charge in [0.2, 0.25) is 5.91 Å². The van der Waals surface area contributed by atoms with E-state index in [4.69, 9.17) is 21.1 Å². The Balaban J connectivity index is 1.66. The number of rotatable bonds is 9. The molecule has 0 bridgehead atoms. The number of amides is 1. The molecule has 2 N–H and O–H groups in total. The molecule has 0 aliphatic rings. The summed E-state index contributed by atoms with van der Waals surface area (Å²) in [7, 11) is 0. The Hall–Kier alpha value is -3.25. The van der Waals surface area contributed by atoms with E-state index in [0.29, 0.717) is 35.2 Å². The maximum absolute atomic E-state index is 14.0. The summed E-state index contributed by atoms with van der Waals surface area (Å²) in [6, 6.07) is 17.6. The zero-order chi connectivity index (χ0) is 22.2. The van der Waals surface area contributed by atoms with Gasteiger partial charge in [0.25, 0.3) is 0 Å². The van der Waals surface area contributed by atoms with E-state index in [9.17, 15) is 9.18 Å². The van der Waals surface area contributed by atoms with Crippen LogP contribution in [0.5, 0.6) is 11.5 Å². The lowest BCUT2D eigenvalue weighted by Gasteiger charge is -2.15. The Bertz CT molecular complexity index is 1020. The number of carbonyl (C=O) groups is 1. The second-order valence-corrected chi connectivity index (χ2v) is 7.22. The summed E-state index contributed by atoms with van der Waals surface area (Å²) in [5.74, 6) is 0.583. The van der Waals surface area contributed by atoms with E-state index in [1.807, 2.05) is 43.3 Å². The number of hydrogen-bond donors (Lipinski definition) is 2. The Morgan fingerprint density at radius 3 is 2.42 bits per heavy atom. The summed E-state index contributed by atoms with van der Waals surface area (Å²) in [5.41, 5.74) is 2.96. The van der Waals surface area contributed by atoms with Gasteiger partial charge in [-0.05, 0) is 61.0 Å². The van der Waals surface area contributed by atoms with Crippen LogP contribution in [-0.4, -0.2) is 12.5 Å². The van der Waals surface area contributed by atoms with Crippen molar-refractivity contribution in [2.24, 2.45) is 0 Å². The molecule has 0 heterocycles. The lowest BCUT2D eigenvalue weighted by molar-refractivity contribution is -0.114. The first kappa shape index (κ1) is 22.4. The summed E-state index contributed by atoms with van der Waals surface area (Å²) in [4.78, 5) is 11.1. The summed E-state index contributed by atoms with van der Waals surface area (Å²) in [6.45, 7) is 4.40. The Kier molecular flexibility index (Phi) is 7.73. The molecule has 0 saturated heterocycles. The van der Waals surface area contributed by atoms with E-state index in [1.165, 1.54) is 13.0 Å². The molecule has 3 aromatic rings. The number of carbonyl (C=O) groups excluding carboxylic acids is 1. The van der Waals surface area contributed by atoms with Crippen LogP contribution in [0.3, 0.4) is 0 Å². The maximum atomic E-state index is 14.0. The van der Waals surface area contributed by atoms with Crippen molar-refractivity contribution in [2.75, 3.05) is 17.2 Å². The number of hydrogen-bond acceptors (Lipinski definition) is 4. The monoisotopic (exact) mass is 442 g/mol. The molecule has 0 aromatic heterocycles. The van der Waals surface area contributed by atoms with Crippen LogP contribution in [-0.2, 0) is 17.9 Å². The third-order valence-corrected chi connectivity index (χ3v) is 4.80. The van der Waals surface area contributed by atoms with E-state index in [2.05, 4.69) is 10.6 Å². The number of anilines is 2. The first-order valence-corrected chi connectivity index (χ1v) is 10.3. The van der Waals surface area contributed by atoms with Crippen LogP contribution in [0.15, 0.2) is 60.7 Å². The summed E-state index contributed by atoms with van der Waals surface area (Å²) >= 11 is 6.08. The Morgan fingerprint density at radius 2 is 1.74 bits per heavy atom. The molecular formula is C24H24ClFN2O3. The third kappa shape index (κ3) is 6.36. The van der Waals surface area contributed by atoms with Gasteiger partial charge in [-0.2, -0.15) is 0 Å². The minimum atomic E-state index is -0.407. The van der Waals surface area contributed by atoms with Gasteiger partial charge in [-0.1, -0.05) is 23.7 Å². The van der Waals surface area contributed by atoms with Gasteiger partial charge in [0, 0.05) is 30.4 Å². The van der Waals surface area contributed by atoms with Crippen molar-refractivity contribution in [1.29, 1.82) is 0 Å². The van der Waals surface area contributed by atoms with Crippen molar-refractivity contribution in [1.82, 2.24) is 0 Å². The van der Waals surface area contributed by atoms with Gasteiger partial charge in [-0.25, -0.2) is 4.39 Å². The minimum absolute atomic E-state index is 0.00379. The average molecular weight is 443 g/mol. The second-order valence-electron chi connectivity index (χ2n) is 6.82. The zero-order valence-corrected chi connectivity index (χ0v) is 18.1. The van der Waals surface area contributed by atoms with Crippen LogP contribution in [0.1, 0.15) is 25.0 Å². The van der Waals surface area contributed by atoms with E-state index >= 15 is 0 Å². The smallest absolute Gasteiger partial charge is 0.221 e. The van der Waals surface area contributed by atoms with Crippen molar-refractivity contribution < 1.29 is 18.7 Å². The molecule has 0 fully saturated rings. The van der Waals surface area contributed by atoms with Crippen molar-refractivity contribution in [3.63, 3.8) is 0 Å². The molecule has 0 aliphatic heterocycles. The van der Waals surface area contributed by atoms with Gasteiger partial charge in [-0.3, -0.25) is 4.79 Å². The van der Waals surface area contributed by atoms with E-state index in [1.54, 1.807) is 18.2 Å². The number of benzene rings is 3. The molecule has 0 spiro atoms. The van der Waals surface area contributed by atoms with Crippen molar-refractivity contribution in [3.8, 4) is 11.5 Å². The zero-order valence-electron chi connectivity index (χ0n) is 17.4. The van der Waals surface area contributed by atoms with Crippen LogP contribution in [0, 0.1) is 5.82 Å². The molecule has 0 aliphatic carbocycles. The highest BCUT2D eigenvalue weighted by atomic mass is 35.5. The van der Waals surface area contributed by atoms with Gasteiger partial charge in [-0.15, -0.1) is 0 Å². The van der Waals surface area contributed by atoms with Crippen molar-refractivity contribution in [2.45, 2.75) is 27.0 Å². The molecule has 162 valence electrons. The fraction of sp³-hybridized carbons (Fsp3) is 0.208. The molecule has 0 unspecified atom stereocenters. The van der Waals surface area contributed by atoms with Crippen LogP contribution in [0.25, 0.3) is 0 Å². The highest BCUT2D eigenvalue weighted by Gasteiger charge is 2.11. The van der Waals surface area contributed by atoms with Gasteiger partial charge >= 0.3 is 0 Å². The SMILES string of the molecule is CCOc1cc(CNc2ccc(NC(C)=O)cc2)ccc1OCc1c(F)cccc1Cl. The highest BCUT2D eigenvalue weighted by molar-refractivity contribution is 6.31. The highest BCUT2D eigenvalue weighted by Crippen LogP contribution is 2.31. The molecule has 3 aromatic carbocycles. The fourth-order valence-electron chi connectivity index (χ4n) is 2.95. The van der Waals surface area contributed by atoms with Crippen LogP contribution >= 0.6 is 11.6 Å². The number of nitrogens with one attached hydrogen (secondary N) is 2. The van der Waals surface area contributed by atoms with Gasteiger partial charge < -0.3 is 20.1 Å². The summed E-state index contributed by atoms with van der Waals surface area (Å²) < 4.78 is 25.5. The Morgan fingerprint density at radius 1 is 1.00 bits per heavy atom. The van der Waals surface area contributed by atoms with Crippen LogP contribution in [0.2, 0.25) is 5.02 Å². The molecule has 1 amide bonds. The van der Waals surface area contributed by atoms with Gasteiger partial charge in [0.15, 0.2) is 11.5 Å². The molecule has 0 atom stereocenters. The Labute approximate surface area is 186 Å². The first-order valence-electron chi connectivity index (χ1n) is 9.89. The predicted molar refractivity (Wildman–Crippen MR) is 121 cm³/mol. The molecule has 5 nitrogen and oxygen atoms in total. The van der Waals surface area contributed by atoms with Gasteiger partial charge in [0.05, 0.1) is 11.6 Å². The summed E-state index contributed by atoms with van der Waals surface area (Å²) in [5, 5.41) is 6.38. The third-order valence-electron chi connectivity index (χ3n) is 4.44. The standard InChI is InChI=1S/C24H24ClFN2O3/c1-3-30-24-13-17(14-27-18-8-10-19(11-9-18)28-16(2)29)7-12-23(24)31-15-20-21(25)5-4-6-22(20)26/h4-13,27H,3,14-15H2,1-2H3,(H,28,29). The van der Waals surface area contributed by atoms with Crippen LogP contribution < -0.4 is 20.1 Å². The van der Waals surface area contributed by atoms with E-state index < -0.39 is 5.82 Å². The predicted octanol–water partition coefficient (Wildman–Crippen LogP) is 6.03. The largest absolute Gasteiger partial charge is 0.490 e. The van der Waals surface area contributed by atoms with Crippen LogP contribution in [0.4, 0.5) is 15.8 Å². The molecule has 3 rings (SSSR count). The molecule has 31 heavy (non-hydrogen) atoms. The lowest BCUT2D eigenvalue weighted by Crippen LogP contribution is -2.06. The number of ether oxygens (including phenoxy) is 2.